The number of hydrogen-bond donors (Lipinski definition) is 2. The van der Waals surface area contributed by atoms with Crippen LogP contribution in [0.4, 0.5) is 5.69 Å². The Balaban J connectivity index is 1.77. The van der Waals surface area contributed by atoms with Crippen molar-refractivity contribution in [3.63, 3.8) is 0 Å². The summed E-state index contributed by atoms with van der Waals surface area (Å²) in [5.74, 6) is 1.05. The van der Waals surface area contributed by atoms with Crippen molar-refractivity contribution in [2.45, 2.75) is 18.2 Å². The highest BCUT2D eigenvalue weighted by Crippen LogP contribution is 2.20. The Labute approximate surface area is 122 Å². The summed E-state index contributed by atoms with van der Waals surface area (Å²) in [6.07, 6.45) is 2.90. The Morgan fingerprint density at radius 3 is 2.70 bits per heavy atom. The van der Waals surface area contributed by atoms with Crippen molar-refractivity contribution in [2.24, 2.45) is 0 Å². The molecule has 3 N–H and O–H groups in total. The van der Waals surface area contributed by atoms with Crippen LogP contribution in [0.25, 0.3) is 0 Å². The van der Waals surface area contributed by atoms with E-state index in [1.807, 2.05) is 19.1 Å². The average Bonchev–Trinajstić information content (AvgIpc) is 2.46. The third-order valence-electron chi connectivity index (χ3n) is 2.51. The third-order valence-corrected chi connectivity index (χ3v) is 3.53. The normalized spacial score (nSPS) is 12.1. The lowest BCUT2D eigenvalue weighted by molar-refractivity contribution is 0.127. The number of thioether (sulfide) groups is 1. The molecule has 0 fully saturated rings. The number of benzene rings is 1. The van der Waals surface area contributed by atoms with Crippen LogP contribution < -0.4 is 10.5 Å². The molecular formula is C14H17N3O2S. The maximum atomic E-state index is 9.88. The summed E-state index contributed by atoms with van der Waals surface area (Å²) >= 11 is 1.39. The van der Waals surface area contributed by atoms with Gasteiger partial charge in [-0.15, -0.1) is 0 Å². The van der Waals surface area contributed by atoms with Gasteiger partial charge in [-0.3, -0.25) is 0 Å². The van der Waals surface area contributed by atoms with E-state index >= 15 is 0 Å². The molecule has 0 radical (unpaired) electrons. The number of nitrogen functional groups attached to an aromatic ring is 1. The second-order valence-electron chi connectivity index (χ2n) is 4.36. The van der Waals surface area contributed by atoms with Gasteiger partial charge in [0.1, 0.15) is 12.4 Å². The average molecular weight is 291 g/mol. The zero-order valence-corrected chi connectivity index (χ0v) is 12.0. The standard InChI is InChI=1S/C14H17N3O2S/c1-10-6-16-14(17-7-10)20-9-11(18)8-19-13-5-3-2-4-12(13)15/h2-7,11,18H,8-9,15H2,1H3. The van der Waals surface area contributed by atoms with Crippen molar-refractivity contribution in [3.8, 4) is 5.75 Å². The quantitative estimate of drug-likeness (QED) is 0.480. The molecule has 1 unspecified atom stereocenters. The van der Waals surface area contributed by atoms with Crippen molar-refractivity contribution in [2.75, 3.05) is 18.1 Å². The predicted octanol–water partition coefficient (Wildman–Crippen LogP) is 1.90. The van der Waals surface area contributed by atoms with E-state index in [1.54, 1.807) is 24.5 Å². The topological polar surface area (TPSA) is 81.3 Å². The van der Waals surface area contributed by atoms with Crippen molar-refractivity contribution in [1.29, 1.82) is 0 Å². The molecule has 5 nitrogen and oxygen atoms in total. The van der Waals surface area contributed by atoms with E-state index in [1.165, 1.54) is 11.8 Å². The lowest BCUT2D eigenvalue weighted by Gasteiger charge is -2.12. The molecule has 0 saturated carbocycles. The molecule has 0 amide bonds. The molecule has 106 valence electrons. The number of anilines is 1. The van der Waals surface area contributed by atoms with E-state index in [0.29, 0.717) is 22.3 Å². The number of ether oxygens (including phenoxy) is 1. The van der Waals surface area contributed by atoms with Crippen LogP contribution >= 0.6 is 11.8 Å². The monoisotopic (exact) mass is 291 g/mol. The van der Waals surface area contributed by atoms with Gasteiger partial charge in [0.2, 0.25) is 0 Å². The summed E-state index contributed by atoms with van der Waals surface area (Å²) in [6, 6.07) is 7.21. The number of nitrogens with zero attached hydrogens (tertiary/aromatic N) is 2. The van der Waals surface area contributed by atoms with Crippen LogP contribution in [0.3, 0.4) is 0 Å². The highest BCUT2D eigenvalue weighted by molar-refractivity contribution is 7.99. The lowest BCUT2D eigenvalue weighted by atomic mass is 10.3. The van der Waals surface area contributed by atoms with E-state index in [2.05, 4.69) is 9.97 Å². The van der Waals surface area contributed by atoms with Crippen LogP contribution in [0.5, 0.6) is 5.75 Å². The summed E-state index contributed by atoms with van der Waals surface area (Å²) < 4.78 is 5.48. The number of aromatic nitrogens is 2. The van der Waals surface area contributed by atoms with Gasteiger partial charge >= 0.3 is 0 Å². The molecule has 6 heteroatoms. The van der Waals surface area contributed by atoms with Gasteiger partial charge in [-0.1, -0.05) is 23.9 Å². The summed E-state index contributed by atoms with van der Waals surface area (Å²) in [6.45, 7) is 2.12. The van der Waals surface area contributed by atoms with Crippen LogP contribution in [0, 0.1) is 6.92 Å². The zero-order valence-electron chi connectivity index (χ0n) is 11.2. The molecular weight excluding hydrogens is 274 g/mol. The fraction of sp³-hybridized carbons (Fsp3) is 0.286. The molecule has 1 aromatic heterocycles. The second-order valence-corrected chi connectivity index (χ2v) is 5.34. The predicted molar refractivity (Wildman–Crippen MR) is 79.8 cm³/mol. The minimum Gasteiger partial charge on any atom is -0.489 e. The first-order valence-corrected chi connectivity index (χ1v) is 7.20. The fourth-order valence-electron chi connectivity index (χ4n) is 1.47. The van der Waals surface area contributed by atoms with Gasteiger partial charge in [0.15, 0.2) is 5.16 Å². The molecule has 0 bridgehead atoms. The summed E-state index contributed by atoms with van der Waals surface area (Å²) in [5, 5.41) is 10.5. The van der Waals surface area contributed by atoms with Crippen molar-refractivity contribution < 1.29 is 9.84 Å². The maximum Gasteiger partial charge on any atom is 0.187 e. The number of rotatable bonds is 6. The molecule has 0 aliphatic rings. The Morgan fingerprint density at radius 2 is 2.00 bits per heavy atom. The first-order chi connectivity index (χ1) is 9.65. The maximum absolute atomic E-state index is 9.88. The van der Waals surface area contributed by atoms with Gasteiger partial charge in [0, 0.05) is 18.1 Å². The van der Waals surface area contributed by atoms with Gasteiger partial charge in [-0.05, 0) is 24.6 Å². The minimum absolute atomic E-state index is 0.188. The molecule has 0 aliphatic carbocycles. The first kappa shape index (κ1) is 14.6. The minimum atomic E-state index is -0.607. The Bertz CT molecular complexity index is 548. The lowest BCUT2D eigenvalue weighted by Crippen LogP contribution is -2.20. The molecule has 1 atom stereocenters. The van der Waals surface area contributed by atoms with Crippen LogP contribution in [-0.2, 0) is 0 Å². The van der Waals surface area contributed by atoms with Gasteiger partial charge in [0.25, 0.3) is 0 Å². The van der Waals surface area contributed by atoms with Crippen molar-refractivity contribution in [1.82, 2.24) is 9.97 Å². The van der Waals surface area contributed by atoms with E-state index in [4.69, 9.17) is 10.5 Å². The molecule has 0 spiro atoms. The van der Waals surface area contributed by atoms with Gasteiger partial charge in [0.05, 0.1) is 11.8 Å². The fourth-order valence-corrected chi connectivity index (χ4v) is 2.16. The summed E-state index contributed by atoms with van der Waals surface area (Å²) in [7, 11) is 0. The Kier molecular flexibility index (Phi) is 5.20. The highest BCUT2D eigenvalue weighted by atomic mass is 32.2. The van der Waals surface area contributed by atoms with Crippen molar-refractivity contribution >= 4 is 17.4 Å². The van der Waals surface area contributed by atoms with Gasteiger partial charge < -0.3 is 15.6 Å². The van der Waals surface area contributed by atoms with Crippen LogP contribution in [0.2, 0.25) is 0 Å². The van der Waals surface area contributed by atoms with Gasteiger partial charge in [-0.2, -0.15) is 0 Å². The Hall–Kier alpha value is -1.79. The van der Waals surface area contributed by atoms with Gasteiger partial charge in [-0.25, -0.2) is 9.97 Å². The largest absolute Gasteiger partial charge is 0.489 e. The van der Waals surface area contributed by atoms with E-state index in [9.17, 15) is 5.11 Å². The third kappa shape index (κ3) is 4.40. The van der Waals surface area contributed by atoms with E-state index in [-0.39, 0.29) is 6.61 Å². The molecule has 0 saturated heterocycles. The molecule has 2 rings (SSSR count). The first-order valence-electron chi connectivity index (χ1n) is 6.22. The number of para-hydroxylation sites is 2. The number of aryl methyl sites for hydroxylation is 1. The van der Waals surface area contributed by atoms with Crippen molar-refractivity contribution in [3.05, 3.63) is 42.2 Å². The SMILES string of the molecule is Cc1cnc(SCC(O)COc2ccccc2N)nc1. The van der Waals surface area contributed by atoms with E-state index in [0.717, 1.165) is 5.56 Å². The van der Waals surface area contributed by atoms with Crippen LogP contribution in [-0.4, -0.2) is 33.5 Å². The molecule has 1 heterocycles. The molecule has 20 heavy (non-hydrogen) atoms. The smallest absolute Gasteiger partial charge is 0.187 e. The molecule has 1 aromatic carbocycles. The van der Waals surface area contributed by atoms with E-state index < -0.39 is 6.10 Å². The number of hydrogen-bond acceptors (Lipinski definition) is 6. The second kappa shape index (κ2) is 7.12. The highest BCUT2D eigenvalue weighted by Gasteiger charge is 2.08. The zero-order chi connectivity index (χ0) is 14.4. The van der Waals surface area contributed by atoms with Crippen LogP contribution in [0.1, 0.15) is 5.56 Å². The molecule has 2 aromatic rings. The Morgan fingerprint density at radius 1 is 1.30 bits per heavy atom. The number of nitrogens with two attached hydrogens (primary N) is 1. The summed E-state index contributed by atoms with van der Waals surface area (Å²) in [4.78, 5) is 8.33. The summed E-state index contributed by atoms with van der Waals surface area (Å²) in [5.41, 5.74) is 7.33. The number of aliphatic hydroxyl groups is 1. The van der Waals surface area contributed by atoms with Crippen LogP contribution in [0.15, 0.2) is 41.8 Å². The number of aliphatic hydroxyl groups excluding tert-OH is 1. The molecule has 0 aliphatic heterocycles.